The van der Waals surface area contributed by atoms with Crippen LogP contribution < -0.4 is 9.64 Å². The number of carbonyl (C=O) groups is 1. The van der Waals surface area contributed by atoms with E-state index in [9.17, 15) is 25.2 Å². The predicted octanol–water partition coefficient (Wildman–Crippen LogP) is -0.250. The molecule has 1 aromatic carbocycles. The van der Waals surface area contributed by atoms with Gasteiger partial charge in [0.15, 0.2) is 6.10 Å². The summed E-state index contributed by atoms with van der Waals surface area (Å²) in [4.78, 5) is 20.6. The highest BCUT2D eigenvalue weighted by molar-refractivity contribution is 5.73. The molecule has 4 N–H and O–H groups in total. The van der Waals surface area contributed by atoms with E-state index in [1.807, 2.05) is 18.2 Å². The van der Waals surface area contributed by atoms with Gasteiger partial charge in [-0.05, 0) is 24.2 Å². The predicted molar refractivity (Wildman–Crippen MR) is 116 cm³/mol. The molecule has 2 fully saturated rings. The molecular formula is C23H27N3O7. The fourth-order valence-electron chi connectivity index (χ4n) is 4.88. The summed E-state index contributed by atoms with van der Waals surface area (Å²) in [6.45, 7) is 2.62. The fraction of sp³-hybridized carbons (Fsp3) is 0.478. The SMILES string of the molecule is CN1CCN2c3ncc(O[C@@H]4O[C@H](C(=O)O)[C@@H](O)[C@H](O)[C@@H]4O)cc3Cc3ccccc3[C@@H]2C1. The van der Waals surface area contributed by atoms with Crippen LogP contribution in [-0.2, 0) is 16.0 Å². The average Bonchev–Trinajstić information content (AvgIpc) is 2.93. The number of carboxylic acids is 1. The third-order valence-corrected chi connectivity index (χ3v) is 6.63. The number of ether oxygens (including phenoxy) is 2. The summed E-state index contributed by atoms with van der Waals surface area (Å²) in [5.41, 5.74) is 3.39. The van der Waals surface area contributed by atoms with Gasteiger partial charge in [0.25, 0.3) is 0 Å². The van der Waals surface area contributed by atoms with Crippen molar-refractivity contribution >= 4 is 11.8 Å². The number of aliphatic carboxylic acids is 1. The smallest absolute Gasteiger partial charge is 0.335 e. The number of anilines is 1. The van der Waals surface area contributed by atoms with Crippen LogP contribution in [0.15, 0.2) is 36.5 Å². The van der Waals surface area contributed by atoms with E-state index >= 15 is 0 Å². The van der Waals surface area contributed by atoms with Crippen LogP contribution in [0.3, 0.4) is 0 Å². The summed E-state index contributed by atoms with van der Waals surface area (Å²) < 4.78 is 11.0. The van der Waals surface area contributed by atoms with Crippen LogP contribution in [0, 0.1) is 0 Å². The van der Waals surface area contributed by atoms with Gasteiger partial charge in [0, 0.05) is 31.6 Å². The first-order valence-corrected chi connectivity index (χ1v) is 10.9. The first-order valence-electron chi connectivity index (χ1n) is 10.9. The van der Waals surface area contributed by atoms with Crippen molar-refractivity contribution in [2.24, 2.45) is 0 Å². The summed E-state index contributed by atoms with van der Waals surface area (Å²) in [7, 11) is 2.11. The second-order valence-corrected chi connectivity index (χ2v) is 8.85. The zero-order valence-corrected chi connectivity index (χ0v) is 18.1. The highest BCUT2D eigenvalue weighted by Gasteiger charge is 2.48. The average molecular weight is 457 g/mol. The van der Waals surface area contributed by atoms with Crippen LogP contribution in [0.2, 0.25) is 0 Å². The van der Waals surface area contributed by atoms with E-state index in [0.29, 0.717) is 6.42 Å². The van der Waals surface area contributed by atoms with E-state index in [1.165, 1.54) is 17.3 Å². The molecule has 0 spiro atoms. The molecule has 0 radical (unpaired) electrons. The molecule has 5 rings (SSSR count). The third-order valence-electron chi connectivity index (χ3n) is 6.63. The van der Waals surface area contributed by atoms with Crippen molar-refractivity contribution in [2.45, 2.75) is 43.2 Å². The number of hydrogen-bond donors (Lipinski definition) is 4. The number of fused-ring (bicyclic) bond motifs is 5. The second-order valence-electron chi connectivity index (χ2n) is 8.85. The normalized spacial score (nSPS) is 31.7. The lowest BCUT2D eigenvalue weighted by Gasteiger charge is -2.41. The molecule has 0 bridgehead atoms. The summed E-state index contributed by atoms with van der Waals surface area (Å²) in [5.74, 6) is -0.323. The topological polar surface area (TPSA) is 136 Å². The minimum atomic E-state index is -1.77. The lowest BCUT2D eigenvalue weighted by atomic mass is 9.96. The molecule has 10 heteroatoms. The monoisotopic (exact) mass is 457 g/mol. The zero-order chi connectivity index (χ0) is 23.3. The molecule has 0 amide bonds. The quantitative estimate of drug-likeness (QED) is 0.489. The number of pyridine rings is 1. The number of piperazine rings is 1. The minimum absolute atomic E-state index is 0.178. The van der Waals surface area contributed by atoms with Gasteiger partial charge < -0.3 is 39.7 Å². The molecule has 3 aliphatic rings. The maximum atomic E-state index is 11.4. The molecule has 4 heterocycles. The summed E-state index contributed by atoms with van der Waals surface area (Å²) >= 11 is 0. The van der Waals surface area contributed by atoms with Gasteiger partial charge in [0.1, 0.15) is 29.9 Å². The van der Waals surface area contributed by atoms with Gasteiger partial charge in [-0.15, -0.1) is 0 Å². The number of likely N-dealkylation sites (N-methyl/N-ethyl adjacent to an activating group) is 1. The molecule has 0 unspecified atom stereocenters. The van der Waals surface area contributed by atoms with E-state index in [4.69, 9.17) is 9.47 Å². The number of aromatic nitrogens is 1. The first-order chi connectivity index (χ1) is 15.8. The Hall–Kier alpha value is -2.76. The van der Waals surface area contributed by atoms with E-state index < -0.39 is 36.7 Å². The number of benzene rings is 1. The Morgan fingerprint density at radius 1 is 1.12 bits per heavy atom. The Bertz CT molecular complexity index is 1050. The Labute approximate surface area is 190 Å². The van der Waals surface area contributed by atoms with Gasteiger partial charge in [-0.2, -0.15) is 0 Å². The number of rotatable bonds is 3. The molecule has 33 heavy (non-hydrogen) atoms. The van der Waals surface area contributed by atoms with Gasteiger partial charge >= 0.3 is 5.97 Å². The van der Waals surface area contributed by atoms with Crippen molar-refractivity contribution < 1.29 is 34.7 Å². The highest BCUT2D eigenvalue weighted by Crippen LogP contribution is 2.39. The van der Waals surface area contributed by atoms with Crippen LogP contribution in [0.4, 0.5) is 5.82 Å². The lowest BCUT2D eigenvalue weighted by Crippen LogP contribution is -2.61. The molecule has 2 aromatic rings. The standard InChI is InChI=1S/C23H27N3O7/c1-25-6-7-26-16(11-25)15-5-3-2-4-12(15)8-13-9-14(10-24-21(13)26)32-23-19(29)17(27)18(28)20(33-23)22(30)31/h2-5,9-10,16-20,23,27-29H,6-8,11H2,1H3,(H,30,31)/t16-,17-,18-,19-,20-,23+/m0/s1. The Balaban J connectivity index is 1.46. The summed E-state index contributed by atoms with van der Waals surface area (Å²) in [5, 5.41) is 39.5. The van der Waals surface area contributed by atoms with Gasteiger partial charge in [0.2, 0.25) is 6.29 Å². The summed E-state index contributed by atoms with van der Waals surface area (Å²) in [6.07, 6.45) is -6.17. The van der Waals surface area contributed by atoms with Crippen molar-refractivity contribution in [3.05, 3.63) is 53.2 Å². The minimum Gasteiger partial charge on any atom is -0.479 e. The number of nitrogens with zero attached hydrogens (tertiary/aromatic N) is 3. The number of hydrogen-bond acceptors (Lipinski definition) is 9. The number of aliphatic hydroxyl groups is 3. The van der Waals surface area contributed by atoms with Crippen LogP contribution >= 0.6 is 0 Å². The van der Waals surface area contributed by atoms with Gasteiger partial charge in [-0.3, -0.25) is 0 Å². The Morgan fingerprint density at radius 2 is 1.91 bits per heavy atom. The lowest BCUT2D eigenvalue weighted by molar-refractivity contribution is -0.271. The van der Waals surface area contributed by atoms with E-state index in [-0.39, 0.29) is 11.8 Å². The second kappa shape index (κ2) is 8.54. The molecule has 1 aromatic heterocycles. The Kier molecular flexibility index (Phi) is 5.71. The van der Waals surface area contributed by atoms with Crippen molar-refractivity contribution in [3.63, 3.8) is 0 Å². The van der Waals surface area contributed by atoms with Crippen LogP contribution in [0.5, 0.6) is 5.75 Å². The molecule has 176 valence electrons. The van der Waals surface area contributed by atoms with E-state index in [2.05, 4.69) is 34.0 Å². The van der Waals surface area contributed by atoms with Crippen molar-refractivity contribution in [1.82, 2.24) is 9.88 Å². The van der Waals surface area contributed by atoms with Gasteiger partial charge in [-0.25, -0.2) is 9.78 Å². The highest BCUT2D eigenvalue weighted by atomic mass is 16.7. The molecule has 3 aliphatic heterocycles. The molecule has 6 atom stereocenters. The summed E-state index contributed by atoms with van der Waals surface area (Å²) in [6, 6.07) is 10.3. The first kappa shape index (κ1) is 22.1. The molecule has 0 aliphatic carbocycles. The third kappa shape index (κ3) is 3.94. The number of aliphatic hydroxyl groups excluding tert-OH is 3. The maximum absolute atomic E-state index is 11.4. The van der Waals surface area contributed by atoms with E-state index in [0.717, 1.165) is 31.0 Å². The Morgan fingerprint density at radius 3 is 2.70 bits per heavy atom. The van der Waals surface area contributed by atoms with Crippen LogP contribution in [0.1, 0.15) is 22.7 Å². The van der Waals surface area contributed by atoms with Crippen molar-refractivity contribution in [2.75, 3.05) is 31.6 Å². The maximum Gasteiger partial charge on any atom is 0.335 e. The molecule has 10 nitrogen and oxygen atoms in total. The van der Waals surface area contributed by atoms with Crippen molar-refractivity contribution in [1.29, 1.82) is 0 Å². The molecular weight excluding hydrogens is 430 g/mol. The fourth-order valence-corrected chi connectivity index (χ4v) is 4.88. The van der Waals surface area contributed by atoms with Crippen molar-refractivity contribution in [3.8, 4) is 5.75 Å². The van der Waals surface area contributed by atoms with Crippen LogP contribution in [-0.4, -0.2) is 93.7 Å². The van der Waals surface area contributed by atoms with Gasteiger partial charge in [0.05, 0.1) is 12.2 Å². The number of carboxylic acid groups (broad SMARTS) is 1. The van der Waals surface area contributed by atoms with E-state index in [1.54, 1.807) is 0 Å². The molecule has 0 saturated carbocycles. The van der Waals surface area contributed by atoms with Gasteiger partial charge in [-0.1, -0.05) is 24.3 Å². The largest absolute Gasteiger partial charge is 0.479 e. The molecule has 2 saturated heterocycles. The zero-order valence-electron chi connectivity index (χ0n) is 18.1. The van der Waals surface area contributed by atoms with Crippen LogP contribution in [0.25, 0.3) is 0 Å².